The number of piperidine rings is 1. The molecule has 0 saturated carbocycles. The molecule has 0 bridgehead atoms. The second-order valence-electron chi connectivity index (χ2n) is 5.86. The molecule has 1 amide bonds. The van der Waals surface area contributed by atoms with Crippen LogP contribution in [0.25, 0.3) is 0 Å². The van der Waals surface area contributed by atoms with Crippen LogP contribution in [0.4, 0.5) is 0 Å². The Bertz CT molecular complexity index is 667. The number of carbonyl (C=O) groups excluding carboxylic acids is 1. The maximum atomic E-state index is 12.5. The molecule has 0 unspecified atom stereocenters. The van der Waals surface area contributed by atoms with Crippen LogP contribution in [-0.4, -0.2) is 45.2 Å². The van der Waals surface area contributed by atoms with Crippen LogP contribution in [0.1, 0.15) is 46.7 Å². The molecule has 2 aromatic rings. The van der Waals surface area contributed by atoms with Crippen molar-refractivity contribution in [2.24, 2.45) is 5.73 Å². The van der Waals surface area contributed by atoms with Gasteiger partial charge >= 0.3 is 0 Å². The molecule has 0 atom stereocenters. The zero-order chi connectivity index (χ0) is 16.2. The average Bonchev–Trinajstić information content (AvgIpc) is 3.24. The molecule has 1 saturated heterocycles. The highest BCUT2D eigenvalue weighted by atomic mass is 35.5. The molecule has 140 valence electrons. The van der Waals surface area contributed by atoms with Crippen molar-refractivity contribution in [2.45, 2.75) is 38.6 Å². The molecular formula is C16H25Cl2N5OS. The zero-order valence-electron chi connectivity index (χ0n) is 14.3. The van der Waals surface area contributed by atoms with Crippen molar-refractivity contribution in [3.8, 4) is 0 Å². The van der Waals surface area contributed by atoms with Crippen LogP contribution in [0.3, 0.4) is 0 Å². The third-order valence-electron chi connectivity index (χ3n) is 4.36. The number of amides is 1. The van der Waals surface area contributed by atoms with Crippen LogP contribution in [0.15, 0.2) is 17.8 Å². The Morgan fingerprint density at radius 2 is 2.08 bits per heavy atom. The summed E-state index contributed by atoms with van der Waals surface area (Å²) in [5.74, 6) is 0.551. The van der Waals surface area contributed by atoms with Crippen molar-refractivity contribution < 1.29 is 4.79 Å². The summed E-state index contributed by atoms with van der Waals surface area (Å²) in [6.45, 7) is 5.12. The fraction of sp³-hybridized carbons (Fsp3) is 0.562. The molecule has 0 spiro atoms. The van der Waals surface area contributed by atoms with Gasteiger partial charge in [-0.2, -0.15) is 5.10 Å². The summed E-state index contributed by atoms with van der Waals surface area (Å²) in [6, 6.07) is 0. The highest BCUT2D eigenvalue weighted by Crippen LogP contribution is 2.28. The largest absolute Gasteiger partial charge is 0.337 e. The Labute approximate surface area is 164 Å². The van der Waals surface area contributed by atoms with Gasteiger partial charge < -0.3 is 10.6 Å². The number of hydrogen-bond acceptors (Lipinski definition) is 5. The minimum absolute atomic E-state index is 0. The van der Waals surface area contributed by atoms with E-state index < -0.39 is 0 Å². The number of aryl methyl sites for hydroxylation is 1. The average molecular weight is 406 g/mol. The summed E-state index contributed by atoms with van der Waals surface area (Å²) in [5, 5.41) is 7.14. The fourth-order valence-corrected chi connectivity index (χ4v) is 3.78. The monoisotopic (exact) mass is 405 g/mol. The number of nitrogens with zero attached hydrogens (tertiary/aromatic N) is 4. The second-order valence-corrected chi connectivity index (χ2v) is 6.80. The normalized spacial score (nSPS) is 14.7. The second kappa shape index (κ2) is 10.1. The maximum Gasteiger partial charge on any atom is 0.273 e. The smallest absolute Gasteiger partial charge is 0.273 e. The molecular weight excluding hydrogens is 381 g/mol. The van der Waals surface area contributed by atoms with Gasteiger partial charge in [-0.3, -0.25) is 9.48 Å². The third-order valence-corrected chi connectivity index (χ3v) is 5.27. The fourth-order valence-electron chi connectivity index (χ4n) is 2.99. The van der Waals surface area contributed by atoms with E-state index >= 15 is 0 Å². The number of carbonyl (C=O) groups is 1. The van der Waals surface area contributed by atoms with E-state index in [9.17, 15) is 4.79 Å². The van der Waals surface area contributed by atoms with E-state index in [0.29, 0.717) is 18.2 Å². The minimum Gasteiger partial charge on any atom is -0.337 e. The highest BCUT2D eigenvalue weighted by Gasteiger charge is 2.26. The van der Waals surface area contributed by atoms with Gasteiger partial charge in [0.1, 0.15) is 5.69 Å². The van der Waals surface area contributed by atoms with Gasteiger partial charge in [-0.25, -0.2) is 4.98 Å². The summed E-state index contributed by atoms with van der Waals surface area (Å²) in [5.41, 5.74) is 7.39. The van der Waals surface area contributed by atoms with Crippen molar-refractivity contribution in [3.63, 3.8) is 0 Å². The molecule has 0 radical (unpaired) electrons. The van der Waals surface area contributed by atoms with Gasteiger partial charge in [0.15, 0.2) is 0 Å². The SMILES string of the molecule is CCn1cc(C2CCN(C(=O)c3csc(CCN)n3)CC2)cn1.Cl.Cl. The number of hydrogen-bond donors (Lipinski definition) is 1. The van der Waals surface area contributed by atoms with Crippen LogP contribution in [-0.2, 0) is 13.0 Å². The molecule has 9 heteroatoms. The van der Waals surface area contributed by atoms with Crippen molar-refractivity contribution >= 4 is 42.1 Å². The predicted octanol–water partition coefficient (Wildman–Crippen LogP) is 2.72. The van der Waals surface area contributed by atoms with E-state index in [1.165, 1.54) is 16.9 Å². The topological polar surface area (TPSA) is 77.0 Å². The van der Waals surface area contributed by atoms with Gasteiger partial charge in [-0.1, -0.05) is 0 Å². The lowest BCUT2D eigenvalue weighted by atomic mass is 9.91. The molecule has 25 heavy (non-hydrogen) atoms. The maximum absolute atomic E-state index is 12.5. The Morgan fingerprint density at radius 3 is 2.68 bits per heavy atom. The number of aromatic nitrogens is 3. The third kappa shape index (κ3) is 5.17. The van der Waals surface area contributed by atoms with E-state index in [1.54, 1.807) is 0 Å². The molecule has 6 nitrogen and oxygen atoms in total. The Morgan fingerprint density at radius 1 is 1.36 bits per heavy atom. The first kappa shape index (κ1) is 21.9. The summed E-state index contributed by atoms with van der Waals surface area (Å²) in [6.07, 6.45) is 6.80. The van der Waals surface area contributed by atoms with Gasteiger partial charge in [0.2, 0.25) is 0 Å². The van der Waals surface area contributed by atoms with Crippen LogP contribution in [0, 0.1) is 0 Å². The van der Waals surface area contributed by atoms with Gasteiger partial charge in [-0.15, -0.1) is 36.2 Å². The standard InChI is InChI=1S/C16H23N5OS.2ClH/c1-2-21-10-13(9-18-21)12-4-7-20(8-5-12)16(22)14-11-23-15(19-14)3-6-17;;/h9-12H,2-8,17H2,1H3;2*1H. The predicted molar refractivity (Wildman–Crippen MR) is 105 cm³/mol. The first-order chi connectivity index (χ1) is 11.2. The quantitative estimate of drug-likeness (QED) is 0.829. The zero-order valence-corrected chi connectivity index (χ0v) is 16.7. The molecule has 0 aromatic carbocycles. The van der Waals surface area contributed by atoms with E-state index in [4.69, 9.17) is 5.73 Å². The number of nitrogens with two attached hydrogens (primary N) is 1. The van der Waals surface area contributed by atoms with Crippen LogP contribution >= 0.6 is 36.2 Å². The summed E-state index contributed by atoms with van der Waals surface area (Å²) >= 11 is 1.52. The van der Waals surface area contributed by atoms with Gasteiger partial charge in [0, 0.05) is 37.6 Å². The highest BCUT2D eigenvalue weighted by molar-refractivity contribution is 7.09. The van der Waals surface area contributed by atoms with E-state index in [0.717, 1.165) is 43.9 Å². The van der Waals surface area contributed by atoms with Gasteiger partial charge in [-0.05, 0) is 37.8 Å². The Hall–Kier alpha value is -1.15. The van der Waals surface area contributed by atoms with Crippen LogP contribution in [0.2, 0.25) is 0 Å². The van der Waals surface area contributed by atoms with E-state index in [1.807, 2.05) is 21.2 Å². The molecule has 1 aliphatic rings. The Balaban J connectivity index is 0.00000156. The summed E-state index contributed by atoms with van der Waals surface area (Å²) in [7, 11) is 0. The van der Waals surface area contributed by atoms with E-state index in [-0.39, 0.29) is 30.7 Å². The summed E-state index contributed by atoms with van der Waals surface area (Å²) < 4.78 is 1.96. The van der Waals surface area contributed by atoms with Crippen molar-refractivity contribution in [1.82, 2.24) is 19.7 Å². The minimum atomic E-state index is 0. The number of thiazole rings is 1. The molecule has 2 aromatic heterocycles. The Kier molecular flexibility index (Phi) is 8.85. The van der Waals surface area contributed by atoms with Crippen molar-refractivity contribution in [2.75, 3.05) is 19.6 Å². The molecule has 3 rings (SSSR count). The first-order valence-electron chi connectivity index (χ1n) is 8.17. The van der Waals surface area contributed by atoms with Gasteiger partial charge in [0.05, 0.1) is 11.2 Å². The number of rotatable bonds is 5. The van der Waals surface area contributed by atoms with Crippen LogP contribution < -0.4 is 5.73 Å². The molecule has 2 N–H and O–H groups in total. The number of halogens is 2. The molecule has 1 fully saturated rings. The molecule has 0 aliphatic carbocycles. The van der Waals surface area contributed by atoms with E-state index in [2.05, 4.69) is 23.2 Å². The lowest BCUT2D eigenvalue weighted by molar-refractivity contribution is 0.0707. The van der Waals surface area contributed by atoms with Crippen LogP contribution in [0.5, 0.6) is 0 Å². The number of likely N-dealkylation sites (tertiary alicyclic amines) is 1. The summed E-state index contributed by atoms with van der Waals surface area (Å²) in [4.78, 5) is 18.9. The molecule has 1 aliphatic heterocycles. The first-order valence-corrected chi connectivity index (χ1v) is 9.05. The molecule has 3 heterocycles. The lowest BCUT2D eigenvalue weighted by Gasteiger charge is -2.31. The van der Waals surface area contributed by atoms with Crippen molar-refractivity contribution in [1.29, 1.82) is 0 Å². The van der Waals surface area contributed by atoms with Crippen molar-refractivity contribution in [3.05, 3.63) is 34.0 Å². The lowest BCUT2D eigenvalue weighted by Crippen LogP contribution is -2.38. The van der Waals surface area contributed by atoms with Gasteiger partial charge in [0.25, 0.3) is 5.91 Å².